The minimum absolute atomic E-state index is 0.137. The number of carbonyl (C=O) groups is 1. The van der Waals surface area contributed by atoms with Gasteiger partial charge in [0.1, 0.15) is 5.82 Å². The number of halogens is 1. The quantitative estimate of drug-likeness (QED) is 0.832. The van der Waals surface area contributed by atoms with E-state index in [2.05, 4.69) is 5.32 Å². The second kappa shape index (κ2) is 5.52. The van der Waals surface area contributed by atoms with E-state index in [1.54, 1.807) is 0 Å². The molecule has 2 aromatic carbocycles. The van der Waals surface area contributed by atoms with Crippen molar-refractivity contribution in [1.29, 1.82) is 0 Å². The first-order valence-electron chi connectivity index (χ1n) is 5.99. The zero-order valence-electron chi connectivity index (χ0n) is 10.6. The topological polar surface area (TPSA) is 55.1 Å². The first kappa shape index (κ1) is 13.1. The van der Waals surface area contributed by atoms with Crippen molar-refractivity contribution in [3.05, 3.63) is 65.5 Å². The van der Waals surface area contributed by atoms with Gasteiger partial charge in [0, 0.05) is 5.69 Å². The number of nitrogens with two attached hydrogens (primary N) is 1. The standard InChI is InChI=1S/C15H15FN2O/c1-10(11-5-3-2-4-6-11)18-15(19)13-8-7-12(16)9-14(13)17/h2-10H,17H2,1H3,(H,18,19)/t10-/m0/s1. The van der Waals surface area contributed by atoms with Crippen LogP contribution in [0.15, 0.2) is 48.5 Å². The van der Waals surface area contributed by atoms with Crippen molar-refractivity contribution in [1.82, 2.24) is 5.32 Å². The van der Waals surface area contributed by atoms with Gasteiger partial charge in [-0.3, -0.25) is 4.79 Å². The molecule has 0 radical (unpaired) electrons. The highest BCUT2D eigenvalue weighted by atomic mass is 19.1. The fourth-order valence-electron chi connectivity index (χ4n) is 1.84. The summed E-state index contributed by atoms with van der Waals surface area (Å²) in [4.78, 5) is 12.0. The monoisotopic (exact) mass is 258 g/mol. The highest BCUT2D eigenvalue weighted by Gasteiger charge is 2.13. The number of carbonyl (C=O) groups excluding carboxylic acids is 1. The van der Waals surface area contributed by atoms with Crippen LogP contribution in [0.5, 0.6) is 0 Å². The Labute approximate surface area is 111 Å². The summed E-state index contributed by atoms with van der Waals surface area (Å²) in [5.74, 6) is -0.765. The largest absolute Gasteiger partial charge is 0.398 e. The van der Waals surface area contributed by atoms with Crippen LogP contribution in [-0.4, -0.2) is 5.91 Å². The maximum atomic E-state index is 12.9. The molecule has 0 aliphatic carbocycles. The molecule has 0 aliphatic heterocycles. The van der Waals surface area contributed by atoms with E-state index in [0.717, 1.165) is 11.6 Å². The highest BCUT2D eigenvalue weighted by molar-refractivity contribution is 5.99. The minimum Gasteiger partial charge on any atom is -0.398 e. The van der Waals surface area contributed by atoms with E-state index in [1.165, 1.54) is 12.1 Å². The van der Waals surface area contributed by atoms with Crippen LogP contribution in [0, 0.1) is 5.82 Å². The Balaban J connectivity index is 2.13. The van der Waals surface area contributed by atoms with Gasteiger partial charge >= 0.3 is 0 Å². The lowest BCUT2D eigenvalue weighted by Crippen LogP contribution is -2.27. The molecule has 0 aromatic heterocycles. The maximum Gasteiger partial charge on any atom is 0.253 e. The molecule has 19 heavy (non-hydrogen) atoms. The Morgan fingerprint density at radius 1 is 1.21 bits per heavy atom. The maximum absolute atomic E-state index is 12.9. The van der Waals surface area contributed by atoms with E-state index < -0.39 is 5.82 Å². The Kier molecular flexibility index (Phi) is 3.80. The summed E-state index contributed by atoms with van der Waals surface area (Å²) in [6.07, 6.45) is 0. The number of rotatable bonds is 3. The first-order valence-corrected chi connectivity index (χ1v) is 5.99. The summed E-state index contributed by atoms with van der Waals surface area (Å²) in [7, 11) is 0. The molecule has 0 saturated heterocycles. The molecular weight excluding hydrogens is 243 g/mol. The van der Waals surface area contributed by atoms with E-state index in [1.807, 2.05) is 37.3 Å². The van der Waals surface area contributed by atoms with Crippen molar-refractivity contribution in [2.75, 3.05) is 5.73 Å². The lowest BCUT2D eigenvalue weighted by Gasteiger charge is -2.15. The third kappa shape index (κ3) is 3.10. The van der Waals surface area contributed by atoms with Crippen LogP contribution in [0.2, 0.25) is 0 Å². The normalized spacial score (nSPS) is 11.9. The van der Waals surface area contributed by atoms with E-state index in [-0.39, 0.29) is 23.2 Å². The van der Waals surface area contributed by atoms with Crippen molar-refractivity contribution in [2.45, 2.75) is 13.0 Å². The van der Waals surface area contributed by atoms with Gasteiger partial charge in [0.25, 0.3) is 5.91 Å². The fraction of sp³-hybridized carbons (Fsp3) is 0.133. The van der Waals surface area contributed by atoms with Gasteiger partial charge in [-0.2, -0.15) is 0 Å². The van der Waals surface area contributed by atoms with Gasteiger partial charge in [-0.1, -0.05) is 30.3 Å². The zero-order chi connectivity index (χ0) is 13.8. The van der Waals surface area contributed by atoms with Crippen LogP contribution in [0.1, 0.15) is 28.9 Å². The van der Waals surface area contributed by atoms with Gasteiger partial charge in [0.05, 0.1) is 11.6 Å². The van der Waals surface area contributed by atoms with Crippen molar-refractivity contribution < 1.29 is 9.18 Å². The van der Waals surface area contributed by atoms with Crippen molar-refractivity contribution in [3.63, 3.8) is 0 Å². The summed E-state index contributed by atoms with van der Waals surface area (Å²) >= 11 is 0. The zero-order valence-corrected chi connectivity index (χ0v) is 10.6. The van der Waals surface area contributed by atoms with E-state index in [0.29, 0.717) is 0 Å². The number of anilines is 1. The van der Waals surface area contributed by atoms with Gasteiger partial charge in [0.2, 0.25) is 0 Å². The Morgan fingerprint density at radius 2 is 1.89 bits per heavy atom. The SMILES string of the molecule is C[C@H](NC(=O)c1ccc(F)cc1N)c1ccccc1. The molecule has 0 saturated carbocycles. The number of hydrogen-bond donors (Lipinski definition) is 2. The molecule has 3 nitrogen and oxygen atoms in total. The number of nitrogens with one attached hydrogen (secondary N) is 1. The number of hydrogen-bond acceptors (Lipinski definition) is 2. The molecule has 0 spiro atoms. The molecule has 0 bridgehead atoms. The predicted molar refractivity (Wildman–Crippen MR) is 73.1 cm³/mol. The van der Waals surface area contributed by atoms with E-state index in [9.17, 15) is 9.18 Å². The lowest BCUT2D eigenvalue weighted by molar-refractivity contribution is 0.0941. The Bertz CT molecular complexity index is 584. The smallest absolute Gasteiger partial charge is 0.253 e. The summed E-state index contributed by atoms with van der Waals surface area (Å²) in [5, 5.41) is 2.83. The highest BCUT2D eigenvalue weighted by Crippen LogP contribution is 2.16. The van der Waals surface area contributed by atoms with Crippen LogP contribution >= 0.6 is 0 Å². The van der Waals surface area contributed by atoms with Crippen LogP contribution in [0.3, 0.4) is 0 Å². The third-order valence-corrected chi connectivity index (χ3v) is 2.91. The van der Waals surface area contributed by atoms with Gasteiger partial charge in [-0.15, -0.1) is 0 Å². The second-order valence-corrected chi connectivity index (χ2v) is 4.34. The second-order valence-electron chi connectivity index (χ2n) is 4.34. The predicted octanol–water partition coefficient (Wildman–Crippen LogP) is 2.90. The average Bonchev–Trinajstić information content (AvgIpc) is 2.39. The average molecular weight is 258 g/mol. The van der Waals surface area contributed by atoms with Gasteiger partial charge in [-0.25, -0.2) is 4.39 Å². The van der Waals surface area contributed by atoms with Crippen LogP contribution < -0.4 is 11.1 Å². The van der Waals surface area contributed by atoms with Crippen LogP contribution in [0.25, 0.3) is 0 Å². The number of benzene rings is 2. The molecule has 2 rings (SSSR count). The lowest BCUT2D eigenvalue weighted by atomic mass is 10.1. The van der Waals surface area contributed by atoms with Crippen LogP contribution in [-0.2, 0) is 0 Å². The number of amides is 1. The summed E-state index contributed by atoms with van der Waals surface area (Å²) in [6.45, 7) is 1.88. The molecule has 4 heteroatoms. The molecule has 0 fully saturated rings. The molecule has 0 unspecified atom stereocenters. The summed E-state index contributed by atoms with van der Waals surface area (Å²) in [5.41, 5.74) is 7.05. The van der Waals surface area contributed by atoms with Gasteiger partial charge in [-0.05, 0) is 30.7 Å². The molecule has 1 atom stereocenters. The van der Waals surface area contributed by atoms with E-state index >= 15 is 0 Å². The molecule has 2 aromatic rings. The minimum atomic E-state index is -0.454. The molecule has 3 N–H and O–H groups in total. The molecule has 1 amide bonds. The Hall–Kier alpha value is -2.36. The Morgan fingerprint density at radius 3 is 2.53 bits per heavy atom. The van der Waals surface area contributed by atoms with E-state index in [4.69, 9.17) is 5.73 Å². The molecular formula is C15H15FN2O. The van der Waals surface area contributed by atoms with Crippen molar-refractivity contribution >= 4 is 11.6 Å². The van der Waals surface area contributed by atoms with Crippen molar-refractivity contribution in [2.24, 2.45) is 0 Å². The van der Waals surface area contributed by atoms with Crippen LogP contribution in [0.4, 0.5) is 10.1 Å². The third-order valence-electron chi connectivity index (χ3n) is 2.91. The summed E-state index contributed by atoms with van der Waals surface area (Å²) < 4.78 is 12.9. The molecule has 0 aliphatic rings. The van der Waals surface area contributed by atoms with Gasteiger partial charge < -0.3 is 11.1 Å². The molecule has 98 valence electrons. The summed E-state index contributed by atoms with van der Waals surface area (Å²) in [6, 6.07) is 13.2. The number of nitrogen functional groups attached to an aromatic ring is 1. The first-order chi connectivity index (χ1) is 9.08. The fourth-order valence-corrected chi connectivity index (χ4v) is 1.84. The molecule has 0 heterocycles. The van der Waals surface area contributed by atoms with Gasteiger partial charge in [0.15, 0.2) is 0 Å². The van der Waals surface area contributed by atoms with Crippen molar-refractivity contribution in [3.8, 4) is 0 Å².